The number of aromatic amines is 1. The normalized spacial score (nSPS) is 14.8. The van der Waals surface area contributed by atoms with Gasteiger partial charge in [-0.1, -0.05) is 0 Å². The van der Waals surface area contributed by atoms with E-state index in [1.54, 1.807) is 18.3 Å². The van der Waals surface area contributed by atoms with Crippen molar-refractivity contribution in [1.82, 2.24) is 9.88 Å². The number of H-pyrrole nitrogens is 1. The standard InChI is InChI=1S/C11H14N2O3/c14-10(15)7-13(6-8-3-4-8)11(16)9-2-1-5-12-9/h1-2,5,8,12H,3-4,6-7H2,(H,14,15). The molecule has 5 nitrogen and oxygen atoms in total. The number of aromatic nitrogens is 1. The van der Waals surface area contributed by atoms with E-state index in [4.69, 9.17) is 5.11 Å². The van der Waals surface area contributed by atoms with E-state index in [-0.39, 0.29) is 12.5 Å². The topological polar surface area (TPSA) is 73.4 Å². The summed E-state index contributed by atoms with van der Waals surface area (Å²) in [6, 6.07) is 3.38. The molecule has 1 heterocycles. The fraction of sp³-hybridized carbons (Fsp3) is 0.455. The molecular formula is C11H14N2O3. The van der Waals surface area contributed by atoms with Crippen LogP contribution in [0.3, 0.4) is 0 Å². The summed E-state index contributed by atoms with van der Waals surface area (Å²) < 4.78 is 0. The predicted octanol–water partition coefficient (Wildman–Crippen LogP) is 0.951. The summed E-state index contributed by atoms with van der Waals surface area (Å²) in [5.41, 5.74) is 0.446. The van der Waals surface area contributed by atoms with E-state index in [1.807, 2.05) is 0 Å². The molecule has 0 spiro atoms. The third-order valence-corrected chi connectivity index (χ3v) is 2.62. The molecule has 1 aliphatic rings. The van der Waals surface area contributed by atoms with Gasteiger partial charge in [-0.25, -0.2) is 0 Å². The minimum Gasteiger partial charge on any atom is -0.480 e. The number of carboxylic acid groups (broad SMARTS) is 1. The molecular weight excluding hydrogens is 208 g/mol. The fourth-order valence-electron chi connectivity index (χ4n) is 1.63. The zero-order valence-electron chi connectivity index (χ0n) is 8.85. The Morgan fingerprint density at radius 1 is 1.50 bits per heavy atom. The predicted molar refractivity (Wildman–Crippen MR) is 57.1 cm³/mol. The summed E-state index contributed by atoms with van der Waals surface area (Å²) in [5, 5.41) is 8.76. The van der Waals surface area contributed by atoms with Crippen LogP contribution in [-0.4, -0.2) is 40.0 Å². The molecule has 2 rings (SSSR count). The number of amides is 1. The maximum absolute atomic E-state index is 11.9. The monoisotopic (exact) mass is 222 g/mol. The first kappa shape index (κ1) is 10.7. The number of nitrogens with zero attached hydrogens (tertiary/aromatic N) is 1. The maximum Gasteiger partial charge on any atom is 0.323 e. The maximum atomic E-state index is 11.9. The van der Waals surface area contributed by atoms with Crippen LogP contribution in [0, 0.1) is 5.92 Å². The highest BCUT2D eigenvalue weighted by Crippen LogP contribution is 2.30. The molecule has 0 radical (unpaired) electrons. The number of hydrogen-bond donors (Lipinski definition) is 2. The number of nitrogens with one attached hydrogen (secondary N) is 1. The van der Waals surface area contributed by atoms with Gasteiger partial charge in [0.25, 0.3) is 5.91 Å². The molecule has 0 bridgehead atoms. The van der Waals surface area contributed by atoms with Crippen LogP contribution in [0.2, 0.25) is 0 Å². The number of carboxylic acids is 1. The van der Waals surface area contributed by atoms with Crippen molar-refractivity contribution in [3.8, 4) is 0 Å². The van der Waals surface area contributed by atoms with Crippen molar-refractivity contribution < 1.29 is 14.7 Å². The Morgan fingerprint density at radius 2 is 2.25 bits per heavy atom. The summed E-state index contributed by atoms with van der Waals surface area (Å²) in [4.78, 5) is 26.8. The Bertz CT molecular complexity index is 382. The van der Waals surface area contributed by atoms with Gasteiger partial charge in [-0.15, -0.1) is 0 Å². The molecule has 0 saturated heterocycles. The first-order valence-corrected chi connectivity index (χ1v) is 5.31. The third kappa shape index (κ3) is 2.62. The van der Waals surface area contributed by atoms with Crippen molar-refractivity contribution in [2.75, 3.05) is 13.1 Å². The first-order valence-electron chi connectivity index (χ1n) is 5.31. The van der Waals surface area contributed by atoms with E-state index in [0.29, 0.717) is 18.2 Å². The molecule has 0 aromatic carbocycles. The Labute approximate surface area is 93.1 Å². The van der Waals surface area contributed by atoms with Gasteiger partial charge in [0.2, 0.25) is 0 Å². The van der Waals surface area contributed by atoms with Gasteiger partial charge in [-0.05, 0) is 30.9 Å². The molecule has 1 saturated carbocycles. The van der Waals surface area contributed by atoms with E-state index in [9.17, 15) is 9.59 Å². The molecule has 0 unspecified atom stereocenters. The van der Waals surface area contributed by atoms with Crippen LogP contribution in [0.1, 0.15) is 23.3 Å². The summed E-state index contributed by atoms with van der Waals surface area (Å²) in [6.45, 7) is 0.318. The van der Waals surface area contributed by atoms with E-state index in [0.717, 1.165) is 12.8 Å². The Kier molecular flexibility index (Phi) is 2.94. The largest absolute Gasteiger partial charge is 0.480 e. The summed E-state index contributed by atoms with van der Waals surface area (Å²) >= 11 is 0. The van der Waals surface area contributed by atoms with Crippen molar-refractivity contribution in [2.24, 2.45) is 5.92 Å². The summed E-state index contributed by atoms with van der Waals surface area (Å²) in [5.74, 6) is -0.724. The van der Waals surface area contributed by atoms with E-state index in [1.165, 1.54) is 4.90 Å². The molecule has 16 heavy (non-hydrogen) atoms. The number of hydrogen-bond acceptors (Lipinski definition) is 2. The molecule has 1 aliphatic carbocycles. The van der Waals surface area contributed by atoms with E-state index < -0.39 is 5.97 Å². The first-order chi connectivity index (χ1) is 7.66. The number of carbonyl (C=O) groups excluding carboxylic acids is 1. The summed E-state index contributed by atoms with van der Waals surface area (Å²) in [7, 11) is 0. The smallest absolute Gasteiger partial charge is 0.323 e. The minimum absolute atomic E-state index is 0.228. The van der Waals surface area contributed by atoms with Gasteiger partial charge in [0.05, 0.1) is 0 Å². The minimum atomic E-state index is -0.972. The highest BCUT2D eigenvalue weighted by atomic mass is 16.4. The zero-order valence-corrected chi connectivity index (χ0v) is 8.85. The van der Waals surface area contributed by atoms with Gasteiger partial charge >= 0.3 is 5.97 Å². The lowest BCUT2D eigenvalue weighted by Gasteiger charge is -2.19. The lowest BCUT2D eigenvalue weighted by atomic mass is 10.3. The molecule has 1 fully saturated rings. The van der Waals surface area contributed by atoms with Gasteiger partial charge in [-0.2, -0.15) is 0 Å². The number of carbonyl (C=O) groups is 2. The quantitative estimate of drug-likeness (QED) is 0.779. The molecule has 0 aliphatic heterocycles. The van der Waals surface area contributed by atoms with Crippen LogP contribution in [0.25, 0.3) is 0 Å². The van der Waals surface area contributed by atoms with E-state index >= 15 is 0 Å². The number of aliphatic carboxylic acids is 1. The molecule has 86 valence electrons. The van der Waals surface area contributed by atoms with Gasteiger partial charge in [0, 0.05) is 12.7 Å². The van der Waals surface area contributed by atoms with Crippen molar-refractivity contribution in [1.29, 1.82) is 0 Å². The SMILES string of the molecule is O=C(O)CN(CC1CC1)C(=O)c1ccc[nH]1. The van der Waals surface area contributed by atoms with Crippen LogP contribution in [0.4, 0.5) is 0 Å². The average molecular weight is 222 g/mol. The second kappa shape index (κ2) is 4.38. The Morgan fingerprint density at radius 3 is 2.75 bits per heavy atom. The summed E-state index contributed by atoms with van der Waals surface area (Å²) in [6.07, 6.45) is 3.84. The van der Waals surface area contributed by atoms with Gasteiger partial charge < -0.3 is 15.0 Å². The van der Waals surface area contributed by atoms with Crippen molar-refractivity contribution in [3.63, 3.8) is 0 Å². The molecule has 2 N–H and O–H groups in total. The molecule has 1 aromatic rings. The van der Waals surface area contributed by atoms with Crippen molar-refractivity contribution in [2.45, 2.75) is 12.8 Å². The molecule has 0 atom stereocenters. The van der Waals surface area contributed by atoms with Gasteiger partial charge in [0.15, 0.2) is 0 Å². The van der Waals surface area contributed by atoms with Crippen LogP contribution >= 0.6 is 0 Å². The van der Waals surface area contributed by atoms with Gasteiger partial charge in [-0.3, -0.25) is 9.59 Å². The van der Waals surface area contributed by atoms with Crippen molar-refractivity contribution >= 4 is 11.9 Å². The van der Waals surface area contributed by atoms with Crippen LogP contribution in [0.5, 0.6) is 0 Å². The third-order valence-electron chi connectivity index (χ3n) is 2.62. The fourth-order valence-corrected chi connectivity index (χ4v) is 1.63. The van der Waals surface area contributed by atoms with Crippen LogP contribution in [-0.2, 0) is 4.79 Å². The average Bonchev–Trinajstić information content (AvgIpc) is 2.88. The Balaban J connectivity index is 2.04. The second-order valence-electron chi connectivity index (χ2n) is 4.11. The lowest BCUT2D eigenvalue weighted by Crippen LogP contribution is -2.37. The molecule has 1 aromatic heterocycles. The lowest BCUT2D eigenvalue weighted by molar-refractivity contribution is -0.137. The molecule has 5 heteroatoms. The second-order valence-corrected chi connectivity index (χ2v) is 4.11. The zero-order chi connectivity index (χ0) is 11.5. The van der Waals surface area contributed by atoms with Crippen LogP contribution < -0.4 is 0 Å². The number of rotatable bonds is 5. The van der Waals surface area contributed by atoms with Crippen molar-refractivity contribution in [3.05, 3.63) is 24.0 Å². The van der Waals surface area contributed by atoms with Crippen LogP contribution in [0.15, 0.2) is 18.3 Å². The Hall–Kier alpha value is -1.78. The molecule has 1 amide bonds. The highest BCUT2D eigenvalue weighted by Gasteiger charge is 2.28. The highest BCUT2D eigenvalue weighted by molar-refractivity contribution is 5.94. The van der Waals surface area contributed by atoms with Gasteiger partial charge in [0.1, 0.15) is 12.2 Å². The van der Waals surface area contributed by atoms with E-state index in [2.05, 4.69) is 4.98 Å².